The van der Waals surface area contributed by atoms with E-state index in [0.717, 1.165) is 12.8 Å². The Bertz CT molecular complexity index is 972. The zero-order valence-corrected chi connectivity index (χ0v) is 17.0. The molecule has 4 rings (SSSR count). The van der Waals surface area contributed by atoms with Crippen molar-refractivity contribution in [3.8, 4) is 11.5 Å². The van der Waals surface area contributed by atoms with Gasteiger partial charge in [0, 0.05) is 17.1 Å². The van der Waals surface area contributed by atoms with Gasteiger partial charge in [-0.2, -0.15) is 0 Å². The van der Waals surface area contributed by atoms with Gasteiger partial charge >= 0.3 is 0 Å². The molecule has 8 heteroatoms. The van der Waals surface area contributed by atoms with Gasteiger partial charge in [0.2, 0.25) is 5.91 Å². The third kappa shape index (κ3) is 4.91. The van der Waals surface area contributed by atoms with Crippen LogP contribution in [-0.2, 0) is 9.59 Å². The van der Waals surface area contributed by atoms with Crippen LogP contribution in [0.3, 0.4) is 0 Å². The summed E-state index contributed by atoms with van der Waals surface area (Å²) in [6.45, 7) is 0.207. The fourth-order valence-electron chi connectivity index (χ4n) is 3.09. The normalized spacial score (nSPS) is 15.2. The van der Waals surface area contributed by atoms with Crippen LogP contribution in [0.1, 0.15) is 23.2 Å². The molecule has 1 fully saturated rings. The Morgan fingerprint density at radius 1 is 1.17 bits per heavy atom. The van der Waals surface area contributed by atoms with E-state index >= 15 is 0 Å². The number of anilines is 1. The zero-order valence-electron chi connectivity index (χ0n) is 16.2. The zero-order chi connectivity index (χ0) is 21.1. The van der Waals surface area contributed by atoms with Gasteiger partial charge in [-0.15, -0.1) is 0 Å². The number of fused-ring (bicyclic) bond motifs is 1. The molecule has 30 heavy (non-hydrogen) atoms. The van der Waals surface area contributed by atoms with Crippen molar-refractivity contribution in [3.05, 3.63) is 53.1 Å². The van der Waals surface area contributed by atoms with E-state index in [4.69, 9.17) is 21.1 Å². The van der Waals surface area contributed by atoms with Crippen LogP contribution in [0.2, 0.25) is 5.02 Å². The van der Waals surface area contributed by atoms with Crippen LogP contribution in [0.5, 0.6) is 11.5 Å². The first-order valence-electron chi connectivity index (χ1n) is 9.75. The van der Waals surface area contributed by atoms with Gasteiger partial charge in [-0.25, -0.2) is 0 Å². The summed E-state index contributed by atoms with van der Waals surface area (Å²) < 4.78 is 11.0. The molecule has 1 saturated carbocycles. The highest BCUT2D eigenvalue weighted by molar-refractivity contribution is 6.30. The first-order valence-corrected chi connectivity index (χ1v) is 10.1. The molecule has 0 unspecified atom stereocenters. The van der Waals surface area contributed by atoms with Crippen molar-refractivity contribution in [3.63, 3.8) is 0 Å². The van der Waals surface area contributed by atoms with Crippen LogP contribution < -0.4 is 19.7 Å². The van der Waals surface area contributed by atoms with Crippen LogP contribution in [-0.4, -0.2) is 43.9 Å². The molecule has 1 aliphatic heterocycles. The molecule has 2 aromatic rings. The molecule has 156 valence electrons. The largest absolute Gasteiger partial charge is 0.485 e. The summed E-state index contributed by atoms with van der Waals surface area (Å²) in [5.74, 6) is 0.713. The topological polar surface area (TPSA) is 84.9 Å². The number of halogens is 1. The van der Waals surface area contributed by atoms with Gasteiger partial charge < -0.3 is 14.8 Å². The first kappa shape index (κ1) is 20.2. The van der Waals surface area contributed by atoms with E-state index in [2.05, 4.69) is 5.32 Å². The van der Waals surface area contributed by atoms with Crippen LogP contribution in [0.4, 0.5) is 5.69 Å². The number of hydrogen-bond acceptors (Lipinski definition) is 5. The lowest BCUT2D eigenvalue weighted by Crippen LogP contribution is -2.45. The highest BCUT2D eigenvalue weighted by Crippen LogP contribution is 2.33. The molecule has 1 aliphatic carbocycles. The third-order valence-electron chi connectivity index (χ3n) is 4.99. The molecule has 0 saturated heterocycles. The van der Waals surface area contributed by atoms with E-state index in [-0.39, 0.29) is 37.4 Å². The predicted molar refractivity (Wildman–Crippen MR) is 111 cm³/mol. The quantitative estimate of drug-likeness (QED) is 0.653. The maximum Gasteiger partial charge on any atom is 0.265 e. The summed E-state index contributed by atoms with van der Waals surface area (Å²) in [5, 5.41) is 3.43. The molecule has 0 bridgehead atoms. The van der Waals surface area contributed by atoms with Crippen molar-refractivity contribution in [2.75, 3.05) is 31.2 Å². The SMILES string of the molecule is O=C(CN1C(=O)COc2ccc(C(=O)COc3ccc(Cl)cc3)cc21)NCC1CC1. The summed E-state index contributed by atoms with van der Waals surface area (Å²) in [6.07, 6.45) is 2.26. The predicted octanol–water partition coefficient (Wildman–Crippen LogP) is 2.85. The number of nitrogens with zero attached hydrogens (tertiary/aromatic N) is 1. The lowest BCUT2D eigenvalue weighted by Gasteiger charge is -2.29. The fraction of sp³-hybridized carbons (Fsp3) is 0.318. The first-order chi connectivity index (χ1) is 14.5. The second-order valence-corrected chi connectivity index (χ2v) is 7.80. The van der Waals surface area contributed by atoms with Crippen molar-refractivity contribution in [1.82, 2.24) is 5.32 Å². The molecule has 2 aromatic carbocycles. The molecule has 1 N–H and O–H groups in total. The van der Waals surface area contributed by atoms with E-state index in [1.54, 1.807) is 42.5 Å². The Hall–Kier alpha value is -3.06. The summed E-state index contributed by atoms with van der Waals surface area (Å²) in [7, 11) is 0. The Morgan fingerprint density at radius 3 is 2.67 bits per heavy atom. The number of carbonyl (C=O) groups is 3. The number of nitrogens with one attached hydrogen (secondary N) is 1. The van der Waals surface area contributed by atoms with Gasteiger partial charge in [-0.3, -0.25) is 19.3 Å². The highest BCUT2D eigenvalue weighted by Gasteiger charge is 2.29. The summed E-state index contributed by atoms with van der Waals surface area (Å²) >= 11 is 5.84. The number of amides is 2. The van der Waals surface area contributed by atoms with Gasteiger partial charge in [0.1, 0.15) is 18.0 Å². The molecule has 0 radical (unpaired) electrons. The van der Waals surface area contributed by atoms with Crippen molar-refractivity contribution >= 4 is 34.9 Å². The lowest BCUT2D eigenvalue weighted by atomic mass is 10.1. The van der Waals surface area contributed by atoms with E-state index in [9.17, 15) is 14.4 Å². The number of Topliss-reactive ketones (excluding diaryl/α,β-unsaturated/α-hetero) is 1. The number of benzene rings is 2. The molecule has 0 atom stereocenters. The maximum atomic E-state index is 12.6. The average Bonchev–Trinajstić information content (AvgIpc) is 3.58. The van der Waals surface area contributed by atoms with E-state index < -0.39 is 0 Å². The number of rotatable bonds is 8. The minimum atomic E-state index is -0.328. The minimum Gasteiger partial charge on any atom is -0.485 e. The van der Waals surface area contributed by atoms with Gasteiger partial charge in [-0.1, -0.05) is 11.6 Å². The van der Waals surface area contributed by atoms with Gasteiger partial charge in [-0.05, 0) is 61.2 Å². The molecule has 2 amide bonds. The van der Waals surface area contributed by atoms with E-state index in [0.29, 0.717) is 40.2 Å². The number of ether oxygens (including phenoxy) is 2. The molecule has 7 nitrogen and oxygen atoms in total. The average molecular weight is 429 g/mol. The lowest BCUT2D eigenvalue weighted by molar-refractivity contribution is -0.125. The van der Waals surface area contributed by atoms with E-state index in [1.807, 2.05) is 0 Å². The maximum absolute atomic E-state index is 12.6. The third-order valence-corrected chi connectivity index (χ3v) is 5.25. The standard InChI is InChI=1S/C22H21ClN2O5/c23-16-4-6-17(7-5-16)29-12-19(26)15-3-8-20-18(9-15)25(22(28)13-30-20)11-21(27)24-10-14-1-2-14/h3-9,14H,1-2,10-13H2,(H,24,27). The molecular weight excluding hydrogens is 408 g/mol. The minimum absolute atomic E-state index is 0.110. The number of hydrogen-bond donors (Lipinski definition) is 1. The summed E-state index contributed by atoms with van der Waals surface area (Å²) in [4.78, 5) is 38.6. The Labute approximate surface area is 178 Å². The Balaban J connectivity index is 1.44. The molecule has 1 heterocycles. The molecule has 0 spiro atoms. The second-order valence-electron chi connectivity index (χ2n) is 7.36. The van der Waals surface area contributed by atoms with Crippen LogP contribution in [0.15, 0.2) is 42.5 Å². The van der Waals surface area contributed by atoms with Crippen molar-refractivity contribution in [1.29, 1.82) is 0 Å². The van der Waals surface area contributed by atoms with Crippen LogP contribution in [0, 0.1) is 5.92 Å². The van der Waals surface area contributed by atoms with E-state index in [1.165, 1.54) is 4.90 Å². The Morgan fingerprint density at radius 2 is 1.93 bits per heavy atom. The molecular formula is C22H21ClN2O5. The number of carbonyl (C=O) groups excluding carboxylic acids is 3. The highest BCUT2D eigenvalue weighted by atomic mass is 35.5. The second kappa shape index (κ2) is 8.75. The van der Waals surface area contributed by atoms with Crippen LogP contribution in [0.25, 0.3) is 0 Å². The summed E-state index contributed by atoms with van der Waals surface area (Å²) in [5.41, 5.74) is 0.773. The molecule has 0 aromatic heterocycles. The summed E-state index contributed by atoms with van der Waals surface area (Å²) in [6, 6.07) is 11.5. The van der Waals surface area contributed by atoms with Gasteiger partial charge in [0.25, 0.3) is 5.91 Å². The van der Waals surface area contributed by atoms with Crippen molar-refractivity contribution in [2.24, 2.45) is 5.92 Å². The molecule has 2 aliphatic rings. The van der Waals surface area contributed by atoms with Gasteiger partial charge in [0.15, 0.2) is 19.0 Å². The fourth-order valence-corrected chi connectivity index (χ4v) is 3.22. The van der Waals surface area contributed by atoms with Crippen LogP contribution >= 0.6 is 11.6 Å². The van der Waals surface area contributed by atoms with Crippen molar-refractivity contribution in [2.45, 2.75) is 12.8 Å². The monoisotopic (exact) mass is 428 g/mol. The Kier molecular flexibility index (Phi) is 5.90. The number of ketones is 1. The smallest absolute Gasteiger partial charge is 0.265 e. The van der Waals surface area contributed by atoms with Crippen molar-refractivity contribution < 1.29 is 23.9 Å². The van der Waals surface area contributed by atoms with Gasteiger partial charge in [0.05, 0.1) is 5.69 Å².